The van der Waals surface area contributed by atoms with Gasteiger partial charge in [0.1, 0.15) is 0 Å². The van der Waals surface area contributed by atoms with E-state index in [-0.39, 0.29) is 5.75 Å². The lowest BCUT2D eigenvalue weighted by atomic mass is 10.2. The van der Waals surface area contributed by atoms with Crippen LogP contribution in [0.3, 0.4) is 0 Å². The predicted molar refractivity (Wildman–Crippen MR) is 78.9 cm³/mol. The van der Waals surface area contributed by atoms with Crippen LogP contribution in [0.4, 0.5) is 4.39 Å². The fraction of sp³-hybridized carbons (Fsp3) is 0.438. The molecule has 1 aromatic rings. The maximum atomic E-state index is 13.8. The molecule has 5 heteroatoms. The largest absolute Gasteiger partial charge is 0.490 e. The molecule has 1 aliphatic rings. The number of likely N-dealkylation sites (tertiary alicyclic amines) is 1. The number of rotatable bonds is 7. The minimum atomic E-state index is -1.06. The number of carbonyl (C=O) groups is 1. The standard InChI is InChI=1S/C16H20FNO3/c17-14-12-13(5-7-16(19)20)4-6-15(14)21-11-3-10-18-8-1-2-9-18/h4-7,12H,1-3,8-11H2,(H,19,20)/b7-5+. The van der Waals surface area contributed by atoms with Gasteiger partial charge in [-0.25, -0.2) is 9.18 Å². The van der Waals surface area contributed by atoms with E-state index in [1.807, 2.05) is 0 Å². The minimum Gasteiger partial charge on any atom is -0.490 e. The van der Waals surface area contributed by atoms with Crippen molar-refractivity contribution in [2.75, 3.05) is 26.2 Å². The molecule has 0 amide bonds. The average Bonchev–Trinajstić information content (AvgIpc) is 2.96. The number of carboxylic acid groups (broad SMARTS) is 1. The first kappa shape index (κ1) is 15.5. The maximum Gasteiger partial charge on any atom is 0.328 e. The van der Waals surface area contributed by atoms with Crippen molar-refractivity contribution in [3.05, 3.63) is 35.7 Å². The Labute approximate surface area is 123 Å². The van der Waals surface area contributed by atoms with Crippen LogP contribution < -0.4 is 4.74 Å². The Hall–Kier alpha value is -1.88. The lowest BCUT2D eigenvalue weighted by molar-refractivity contribution is -0.131. The molecule has 1 aliphatic heterocycles. The number of halogens is 1. The predicted octanol–water partition coefficient (Wildman–Crippen LogP) is 2.79. The quantitative estimate of drug-likeness (QED) is 0.620. The molecule has 114 valence electrons. The number of aliphatic carboxylic acids is 1. The van der Waals surface area contributed by atoms with Crippen LogP contribution in [0, 0.1) is 5.82 Å². The molecule has 0 spiro atoms. The topological polar surface area (TPSA) is 49.8 Å². The van der Waals surface area contributed by atoms with Gasteiger partial charge in [-0.2, -0.15) is 0 Å². The van der Waals surface area contributed by atoms with Gasteiger partial charge in [-0.15, -0.1) is 0 Å². The Balaban J connectivity index is 1.78. The highest BCUT2D eigenvalue weighted by Gasteiger charge is 2.10. The second-order valence-electron chi connectivity index (χ2n) is 5.11. The molecular weight excluding hydrogens is 273 g/mol. The van der Waals surface area contributed by atoms with Gasteiger partial charge in [-0.05, 0) is 56.1 Å². The molecule has 2 rings (SSSR count). The third-order valence-corrected chi connectivity index (χ3v) is 3.45. The summed E-state index contributed by atoms with van der Waals surface area (Å²) in [6, 6.07) is 4.44. The molecule has 1 heterocycles. The van der Waals surface area contributed by atoms with Gasteiger partial charge in [-0.1, -0.05) is 6.07 Å². The zero-order chi connectivity index (χ0) is 15.1. The van der Waals surface area contributed by atoms with E-state index < -0.39 is 11.8 Å². The second-order valence-corrected chi connectivity index (χ2v) is 5.11. The Bertz CT molecular complexity index is 510. The summed E-state index contributed by atoms with van der Waals surface area (Å²) in [6.45, 7) is 3.77. The summed E-state index contributed by atoms with van der Waals surface area (Å²) in [5.41, 5.74) is 0.499. The van der Waals surface area contributed by atoms with Crippen molar-refractivity contribution in [3.63, 3.8) is 0 Å². The first-order valence-corrected chi connectivity index (χ1v) is 7.21. The van der Waals surface area contributed by atoms with Crippen LogP contribution >= 0.6 is 0 Å². The fourth-order valence-electron chi connectivity index (χ4n) is 2.38. The molecule has 1 fully saturated rings. The fourth-order valence-corrected chi connectivity index (χ4v) is 2.38. The monoisotopic (exact) mass is 293 g/mol. The van der Waals surface area contributed by atoms with E-state index in [9.17, 15) is 9.18 Å². The number of hydrogen-bond donors (Lipinski definition) is 1. The van der Waals surface area contributed by atoms with Gasteiger partial charge in [0.2, 0.25) is 0 Å². The van der Waals surface area contributed by atoms with Crippen molar-refractivity contribution in [1.82, 2.24) is 4.90 Å². The van der Waals surface area contributed by atoms with E-state index in [0.717, 1.165) is 32.1 Å². The van der Waals surface area contributed by atoms with Crippen LogP contribution in [0.1, 0.15) is 24.8 Å². The Morgan fingerprint density at radius 2 is 2.14 bits per heavy atom. The molecule has 1 aromatic carbocycles. The van der Waals surface area contributed by atoms with E-state index >= 15 is 0 Å². The Kier molecular flexibility index (Phi) is 5.75. The Morgan fingerprint density at radius 1 is 1.38 bits per heavy atom. The average molecular weight is 293 g/mol. The van der Waals surface area contributed by atoms with E-state index in [1.165, 1.54) is 31.1 Å². The summed E-state index contributed by atoms with van der Waals surface area (Å²) in [5, 5.41) is 8.52. The van der Waals surface area contributed by atoms with Gasteiger partial charge < -0.3 is 14.7 Å². The van der Waals surface area contributed by atoms with Crippen LogP contribution in [0.25, 0.3) is 6.08 Å². The molecule has 4 nitrogen and oxygen atoms in total. The van der Waals surface area contributed by atoms with Gasteiger partial charge in [0, 0.05) is 12.6 Å². The van der Waals surface area contributed by atoms with Gasteiger partial charge in [0.15, 0.2) is 11.6 Å². The summed E-state index contributed by atoms with van der Waals surface area (Å²) < 4.78 is 19.2. The van der Waals surface area contributed by atoms with E-state index in [4.69, 9.17) is 9.84 Å². The van der Waals surface area contributed by atoms with Crippen molar-refractivity contribution < 1.29 is 19.0 Å². The van der Waals surface area contributed by atoms with Crippen LogP contribution in [0.2, 0.25) is 0 Å². The van der Waals surface area contributed by atoms with E-state index in [0.29, 0.717) is 12.2 Å². The molecule has 0 saturated carbocycles. The second kappa shape index (κ2) is 7.78. The third-order valence-electron chi connectivity index (χ3n) is 3.45. The number of hydrogen-bond acceptors (Lipinski definition) is 3. The highest BCUT2D eigenvalue weighted by molar-refractivity contribution is 5.85. The number of ether oxygens (including phenoxy) is 1. The lowest BCUT2D eigenvalue weighted by Crippen LogP contribution is -2.22. The van der Waals surface area contributed by atoms with Crippen molar-refractivity contribution in [2.45, 2.75) is 19.3 Å². The summed E-state index contributed by atoms with van der Waals surface area (Å²) >= 11 is 0. The highest BCUT2D eigenvalue weighted by Crippen LogP contribution is 2.19. The molecule has 1 saturated heterocycles. The molecule has 0 atom stereocenters. The van der Waals surface area contributed by atoms with Crippen molar-refractivity contribution in [1.29, 1.82) is 0 Å². The first-order chi connectivity index (χ1) is 10.1. The zero-order valence-electron chi connectivity index (χ0n) is 11.9. The number of benzene rings is 1. The number of carboxylic acids is 1. The molecule has 0 aromatic heterocycles. The number of nitrogens with zero attached hydrogens (tertiary/aromatic N) is 1. The molecule has 0 aliphatic carbocycles. The first-order valence-electron chi connectivity index (χ1n) is 7.21. The normalized spacial score (nSPS) is 15.7. The highest BCUT2D eigenvalue weighted by atomic mass is 19.1. The van der Waals surface area contributed by atoms with E-state index in [2.05, 4.69) is 4.90 Å². The zero-order valence-corrected chi connectivity index (χ0v) is 11.9. The SMILES string of the molecule is O=C(O)/C=C/c1ccc(OCCCN2CCCC2)c(F)c1. The lowest BCUT2D eigenvalue weighted by Gasteiger charge is -2.14. The van der Waals surface area contributed by atoms with Crippen molar-refractivity contribution in [3.8, 4) is 5.75 Å². The smallest absolute Gasteiger partial charge is 0.328 e. The van der Waals surface area contributed by atoms with Crippen LogP contribution in [0.15, 0.2) is 24.3 Å². The van der Waals surface area contributed by atoms with Crippen LogP contribution in [0.5, 0.6) is 5.75 Å². The van der Waals surface area contributed by atoms with Crippen molar-refractivity contribution in [2.24, 2.45) is 0 Å². The summed E-state index contributed by atoms with van der Waals surface area (Å²) in [6.07, 6.45) is 5.73. The van der Waals surface area contributed by atoms with Gasteiger partial charge in [0.25, 0.3) is 0 Å². The molecule has 0 bridgehead atoms. The van der Waals surface area contributed by atoms with Gasteiger partial charge in [0.05, 0.1) is 6.61 Å². The molecule has 1 N–H and O–H groups in total. The van der Waals surface area contributed by atoms with Crippen molar-refractivity contribution >= 4 is 12.0 Å². The van der Waals surface area contributed by atoms with Crippen LogP contribution in [-0.4, -0.2) is 42.2 Å². The van der Waals surface area contributed by atoms with E-state index in [1.54, 1.807) is 6.07 Å². The maximum absolute atomic E-state index is 13.8. The minimum absolute atomic E-state index is 0.212. The summed E-state index contributed by atoms with van der Waals surface area (Å²) in [7, 11) is 0. The third kappa shape index (κ3) is 5.19. The molecular formula is C16H20FNO3. The summed E-state index contributed by atoms with van der Waals surface area (Å²) in [5.74, 6) is -1.31. The Morgan fingerprint density at radius 3 is 2.81 bits per heavy atom. The van der Waals surface area contributed by atoms with Gasteiger partial charge in [-0.3, -0.25) is 0 Å². The molecule has 0 radical (unpaired) electrons. The van der Waals surface area contributed by atoms with Crippen LogP contribution in [-0.2, 0) is 4.79 Å². The molecule has 0 unspecified atom stereocenters. The van der Waals surface area contributed by atoms with Gasteiger partial charge >= 0.3 is 5.97 Å². The molecule has 21 heavy (non-hydrogen) atoms. The summed E-state index contributed by atoms with van der Waals surface area (Å²) in [4.78, 5) is 12.8.